The fourth-order valence-electron chi connectivity index (χ4n) is 0.592. The first-order valence-electron chi connectivity index (χ1n) is 3.18. The third-order valence-corrected chi connectivity index (χ3v) is 1.36. The number of alkyl halides is 1. The summed E-state index contributed by atoms with van der Waals surface area (Å²) in [6, 6.07) is 0. The Morgan fingerprint density at radius 2 is 1.62 bits per heavy atom. The summed E-state index contributed by atoms with van der Waals surface area (Å²) in [7, 11) is 5.28. The summed E-state index contributed by atoms with van der Waals surface area (Å²) in [5.74, 6) is 0.796. The predicted octanol–water partition coefficient (Wildman–Crippen LogP) is 2.37. The summed E-state index contributed by atoms with van der Waals surface area (Å²) in [6.45, 7) is 0. The van der Waals surface area contributed by atoms with Crippen molar-refractivity contribution in [2.75, 3.05) is 5.88 Å². The van der Waals surface area contributed by atoms with Crippen LogP contribution in [0, 0.1) is 0 Å². The SMILES string of the molecule is [B]CCCCCCCl. The molecule has 2 heteroatoms. The van der Waals surface area contributed by atoms with E-state index in [1.807, 2.05) is 0 Å². The third-order valence-electron chi connectivity index (χ3n) is 1.09. The van der Waals surface area contributed by atoms with E-state index in [0.29, 0.717) is 0 Å². The molecule has 46 valence electrons. The summed E-state index contributed by atoms with van der Waals surface area (Å²) in [4.78, 5) is 0. The fraction of sp³-hybridized carbons (Fsp3) is 1.00. The Morgan fingerprint density at radius 3 is 2.12 bits per heavy atom. The van der Waals surface area contributed by atoms with Gasteiger partial charge in [0.2, 0.25) is 0 Å². The predicted molar refractivity (Wildman–Crippen MR) is 39.7 cm³/mol. The highest BCUT2D eigenvalue weighted by Gasteiger charge is 1.84. The van der Waals surface area contributed by atoms with Gasteiger partial charge in [0.25, 0.3) is 0 Å². The van der Waals surface area contributed by atoms with Crippen molar-refractivity contribution in [1.29, 1.82) is 0 Å². The average Bonchev–Trinajstić information content (AvgIpc) is 1.81. The molecule has 0 fully saturated rings. The number of rotatable bonds is 5. The second-order valence-electron chi connectivity index (χ2n) is 1.89. The van der Waals surface area contributed by atoms with E-state index in [1.54, 1.807) is 0 Å². The second kappa shape index (κ2) is 7.35. The zero-order valence-electron chi connectivity index (χ0n) is 5.20. The molecule has 0 aromatic rings. The molecule has 0 aliphatic heterocycles. The van der Waals surface area contributed by atoms with Crippen molar-refractivity contribution in [3.8, 4) is 0 Å². The lowest BCUT2D eigenvalue weighted by molar-refractivity contribution is 0.704. The minimum absolute atomic E-state index is 0.796. The van der Waals surface area contributed by atoms with Crippen molar-refractivity contribution in [2.45, 2.75) is 32.0 Å². The van der Waals surface area contributed by atoms with Crippen LogP contribution in [0.4, 0.5) is 0 Å². The lowest BCUT2D eigenvalue weighted by Gasteiger charge is -1.93. The largest absolute Gasteiger partial charge is 0.127 e. The standard InChI is InChI=1S/C6H12BCl/c7-5-3-1-2-4-6-8/h1-6H2. The number of hydrogen-bond acceptors (Lipinski definition) is 0. The molecule has 8 heavy (non-hydrogen) atoms. The molecule has 2 radical (unpaired) electrons. The van der Waals surface area contributed by atoms with E-state index in [2.05, 4.69) is 0 Å². The molecule has 0 saturated heterocycles. The van der Waals surface area contributed by atoms with Gasteiger partial charge in [0, 0.05) is 5.88 Å². The van der Waals surface area contributed by atoms with Gasteiger partial charge in [-0.2, -0.15) is 0 Å². The number of hydrogen-bond donors (Lipinski definition) is 0. The normalized spacial score (nSPS) is 9.62. The highest BCUT2D eigenvalue weighted by Crippen LogP contribution is 2.01. The van der Waals surface area contributed by atoms with Gasteiger partial charge < -0.3 is 0 Å². The van der Waals surface area contributed by atoms with E-state index in [-0.39, 0.29) is 0 Å². The molecule has 0 aliphatic rings. The lowest BCUT2D eigenvalue weighted by atomic mass is 9.99. The summed E-state index contributed by atoms with van der Waals surface area (Å²) >= 11 is 5.45. The molecule has 0 heterocycles. The van der Waals surface area contributed by atoms with Gasteiger partial charge in [-0.05, 0) is 6.42 Å². The Bertz CT molecular complexity index is 33.5. The van der Waals surface area contributed by atoms with Crippen molar-refractivity contribution < 1.29 is 0 Å². The first-order valence-corrected chi connectivity index (χ1v) is 3.71. The maximum atomic E-state index is 5.45. The zero-order valence-corrected chi connectivity index (χ0v) is 5.95. The van der Waals surface area contributed by atoms with Crippen LogP contribution in [0.3, 0.4) is 0 Å². The van der Waals surface area contributed by atoms with E-state index < -0.39 is 0 Å². The summed E-state index contributed by atoms with van der Waals surface area (Å²) in [5.41, 5.74) is 0. The highest BCUT2D eigenvalue weighted by molar-refractivity contribution is 6.17. The molecule has 0 nitrogen and oxygen atoms in total. The fourth-order valence-corrected chi connectivity index (χ4v) is 0.781. The van der Waals surface area contributed by atoms with Crippen molar-refractivity contribution in [3.63, 3.8) is 0 Å². The molecule has 0 aliphatic carbocycles. The summed E-state index contributed by atoms with van der Waals surface area (Å²) in [5, 5.41) is 0. The summed E-state index contributed by atoms with van der Waals surface area (Å²) < 4.78 is 0. The minimum Gasteiger partial charge on any atom is -0.127 e. The van der Waals surface area contributed by atoms with Crippen LogP contribution >= 0.6 is 11.6 Å². The van der Waals surface area contributed by atoms with Crippen LogP contribution in [0.1, 0.15) is 25.7 Å². The van der Waals surface area contributed by atoms with Crippen molar-refractivity contribution >= 4 is 19.4 Å². The molecule has 0 amide bonds. The molecule has 0 aromatic heterocycles. The van der Waals surface area contributed by atoms with Gasteiger partial charge in [0.15, 0.2) is 0 Å². The molecule has 0 N–H and O–H groups in total. The van der Waals surface area contributed by atoms with E-state index in [1.165, 1.54) is 12.8 Å². The first kappa shape index (κ1) is 8.35. The maximum absolute atomic E-state index is 5.45. The van der Waals surface area contributed by atoms with Gasteiger partial charge in [0.05, 0.1) is 7.85 Å². The van der Waals surface area contributed by atoms with Crippen LogP contribution in [0.25, 0.3) is 0 Å². The van der Waals surface area contributed by atoms with E-state index >= 15 is 0 Å². The van der Waals surface area contributed by atoms with Gasteiger partial charge in [-0.3, -0.25) is 0 Å². The molecule has 0 aromatic carbocycles. The molecular weight excluding hydrogens is 118 g/mol. The molecule has 0 spiro atoms. The van der Waals surface area contributed by atoms with Crippen LogP contribution < -0.4 is 0 Å². The maximum Gasteiger partial charge on any atom is 0.0653 e. The minimum atomic E-state index is 0.796. The molecule has 0 bridgehead atoms. The zero-order chi connectivity index (χ0) is 6.24. The Balaban J connectivity index is 2.53. The average molecular weight is 130 g/mol. The van der Waals surface area contributed by atoms with Crippen LogP contribution in [-0.2, 0) is 0 Å². The lowest BCUT2D eigenvalue weighted by Crippen LogP contribution is -1.77. The highest BCUT2D eigenvalue weighted by atomic mass is 35.5. The van der Waals surface area contributed by atoms with Crippen LogP contribution in [0.5, 0.6) is 0 Å². The van der Waals surface area contributed by atoms with Crippen molar-refractivity contribution in [3.05, 3.63) is 0 Å². The van der Waals surface area contributed by atoms with Gasteiger partial charge in [0.1, 0.15) is 0 Å². The van der Waals surface area contributed by atoms with Crippen LogP contribution in [0.2, 0.25) is 6.32 Å². The molecule has 0 rings (SSSR count). The molecule has 0 saturated carbocycles. The van der Waals surface area contributed by atoms with Crippen LogP contribution in [-0.4, -0.2) is 13.7 Å². The monoisotopic (exact) mass is 130 g/mol. The molecule has 0 atom stereocenters. The topological polar surface area (TPSA) is 0 Å². The smallest absolute Gasteiger partial charge is 0.0653 e. The Morgan fingerprint density at radius 1 is 1.00 bits per heavy atom. The molecular formula is C6H12BCl. The van der Waals surface area contributed by atoms with Gasteiger partial charge >= 0.3 is 0 Å². The van der Waals surface area contributed by atoms with Gasteiger partial charge in [-0.25, -0.2) is 0 Å². The summed E-state index contributed by atoms with van der Waals surface area (Å²) in [6.07, 6.45) is 5.59. The van der Waals surface area contributed by atoms with E-state index in [4.69, 9.17) is 19.4 Å². The van der Waals surface area contributed by atoms with E-state index in [9.17, 15) is 0 Å². The number of halogens is 1. The Hall–Kier alpha value is 0.355. The number of unbranched alkanes of at least 4 members (excludes halogenated alkanes) is 3. The second-order valence-corrected chi connectivity index (χ2v) is 2.27. The van der Waals surface area contributed by atoms with Gasteiger partial charge in [-0.1, -0.05) is 25.6 Å². The van der Waals surface area contributed by atoms with Crippen LogP contribution in [0.15, 0.2) is 0 Å². The van der Waals surface area contributed by atoms with E-state index in [0.717, 1.165) is 25.0 Å². The van der Waals surface area contributed by atoms with Crippen molar-refractivity contribution in [1.82, 2.24) is 0 Å². The third kappa shape index (κ3) is 6.35. The van der Waals surface area contributed by atoms with Crippen molar-refractivity contribution in [2.24, 2.45) is 0 Å². The molecule has 0 unspecified atom stereocenters. The van der Waals surface area contributed by atoms with Gasteiger partial charge in [-0.15, -0.1) is 11.6 Å². The Labute approximate surface area is 58.0 Å². The first-order chi connectivity index (χ1) is 3.91. The quantitative estimate of drug-likeness (QED) is 0.304. The Kier molecular flexibility index (Phi) is 7.68.